The summed E-state index contributed by atoms with van der Waals surface area (Å²) in [5.41, 5.74) is 6.60. The van der Waals surface area contributed by atoms with E-state index in [-0.39, 0.29) is 18.3 Å². The van der Waals surface area contributed by atoms with Crippen LogP contribution in [0.2, 0.25) is 0 Å². The smallest absolute Gasteiger partial charge is 0.241 e. The highest BCUT2D eigenvalue weighted by molar-refractivity contribution is 5.82. The first-order valence-corrected chi connectivity index (χ1v) is 10.2. The number of halogens is 1. The topological polar surface area (TPSA) is 70.6 Å². The van der Waals surface area contributed by atoms with Crippen LogP contribution in [-0.2, 0) is 10.3 Å². The van der Waals surface area contributed by atoms with E-state index in [1.165, 1.54) is 12.1 Å². The van der Waals surface area contributed by atoms with E-state index in [0.717, 1.165) is 42.4 Å². The van der Waals surface area contributed by atoms with Crippen LogP contribution in [0.15, 0.2) is 30.5 Å². The predicted octanol–water partition coefficient (Wildman–Crippen LogP) is 2.29. The Bertz CT molecular complexity index is 978. The lowest BCUT2D eigenvalue weighted by atomic mass is 10.0. The molecule has 8 heteroatoms. The van der Waals surface area contributed by atoms with Crippen molar-refractivity contribution < 1.29 is 9.18 Å². The predicted molar refractivity (Wildman–Crippen MR) is 116 cm³/mol. The standard InChI is InChI=1S/C22H29FN6O/c1-22(2)21-25-19(15-5-7-16(23)8-6-15)20(27-10-9-17(14-27)26(3)4)28(21)11-12-29(22)18(30)13-24/h5-8,11-12,17H,9-10,13-14,24H2,1-4H3. The summed E-state index contributed by atoms with van der Waals surface area (Å²) < 4.78 is 15.6. The molecular weight excluding hydrogens is 383 g/mol. The second-order valence-corrected chi connectivity index (χ2v) is 8.66. The van der Waals surface area contributed by atoms with Crippen molar-refractivity contribution in [2.75, 3.05) is 38.6 Å². The fourth-order valence-corrected chi connectivity index (χ4v) is 4.38. The zero-order valence-corrected chi connectivity index (χ0v) is 18.0. The van der Waals surface area contributed by atoms with E-state index in [0.29, 0.717) is 6.04 Å². The molecule has 3 heterocycles. The number of fused-ring (bicyclic) bond motifs is 1. The maximum atomic E-state index is 13.6. The number of carbonyl (C=O) groups is 1. The molecule has 1 saturated heterocycles. The fourth-order valence-electron chi connectivity index (χ4n) is 4.38. The van der Waals surface area contributed by atoms with E-state index in [9.17, 15) is 9.18 Å². The average Bonchev–Trinajstić information content (AvgIpc) is 3.33. The highest BCUT2D eigenvalue weighted by Gasteiger charge is 2.40. The molecule has 160 valence electrons. The zero-order chi connectivity index (χ0) is 21.6. The van der Waals surface area contributed by atoms with E-state index < -0.39 is 5.54 Å². The lowest BCUT2D eigenvalue weighted by Gasteiger charge is -2.38. The zero-order valence-electron chi connectivity index (χ0n) is 18.0. The summed E-state index contributed by atoms with van der Waals surface area (Å²) in [6.07, 6.45) is 4.72. The van der Waals surface area contributed by atoms with Gasteiger partial charge in [-0.15, -0.1) is 0 Å². The fraction of sp³-hybridized carbons (Fsp3) is 0.455. The third-order valence-corrected chi connectivity index (χ3v) is 6.15. The highest BCUT2D eigenvalue weighted by atomic mass is 19.1. The Labute approximate surface area is 176 Å². The normalized spacial score (nSPS) is 20.2. The van der Waals surface area contributed by atoms with Crippen molar-refractivity contribution in [3.63, 3.8) is 0 Å². The number of nitrogens with two attached hydrogens (primary N) is 1. The van der Waals surface area contributed by atoms with Gasteiger partial charge in [-0.25, -0.2) is 9.37 Å². The summed E-state index contributed by atoms with van der Waals surface area (Å²) in [7, 11) is 4.19. The van der Waals surface area contributed by atoms with Crippen LogP contribution in [-0.4, -0.2) is 65.0 Å². The second-order valence-electron chi connectivity index (χ2n) is 8.66. The molecule has 0 saturated carbocycles. The number of amides is 1. The lowest BCUT2D eigenvalue weighted by Crippen LogP contribution is -2.47. The number of hydrogen-bond acceptors (Lipinski definition) is 5. The number of anilines is 1. The van der Waals surface area contributed by atoms with Gasteiger partial charge in [-0.3, -0.25) is 9.36 Å². The van der Waals surface area contributed by atoms with Crippen LogP contribution in [0.3, 0.4) is 0 Å². The molecular formula is C22H29FN6O. The highest BCUT2D eigenvalue weighted by Crippen LogP contribution is 2.41. The molecule has 0 aliphatic carbocycles. The first-order valence-electron chi connectivity index (χ1n) is 10.2. The minimum Gasteiger partial charge on any atom is -0.354 e. The van der Waals surface area contributed by atoms with Crippen LogP contribution in [0.25, 0.3) is 17.5 Å². The van der Waals surface area contributed by atoms with Crippen molar-refractivity contribution in [3.8, 4) is 11.3 Å². The average molecular weight is 413 g/mol. The van der Waals surface area contributed by atoms with Crippen molar-refractivity contribution in [3.05, 3.63) is 42.1 Å². The van der Waals surface area contributed by atoms with E-state index >= 15 is 0 Å². The largest absolute Gasteiger partial charge is 0.354 e. The van der Waals surface area contributed by atoms with E-state index in [1.807, 2.05) is 20.0 Å². The Hall–Kier alpha value is -2.71. The van der Waals surface area contributed by atoms with Crippen LogP contribution in [0.5, 0.6) is 0 Å². The Kier molecular flexibility index (Phi) is 5.15. The van der Waals surface area contributed by atoms with E-state index in [2.05, 4.69) is 28.5 Å². The molecule has 1 fully saturated rings. The summed E-state index contributed by atoms with van der Waals surface area (Å²) in [5, 5.41) is 0. The molecule has 2 aliphatic rings. The molecule has 2 aromatic rings. The molecule has 1 aromatic heterocycles. The van der Waals surface area contributed by atoms with Gasteiger partial charge < -0.3 is 20.4 Å². The minimum atomic E-state index is -0.668. The van der Waals surface area contributed by atoms with E-state index in [4.69, 9.17) is 10.7 Å². The van der Waals surface area contributed by atoms with Crippen molar-refractivity contribution in [1.82, 2.24) is 19.4 Å². The molecule has 30 heavy (non-hydrogen) atoms. The number of imidazole rings is 1. The molecule has 2 aliphatic heterocycles. The number of rotatable bonds is 4. The lowest BCUT2D eigenvalue weighted by molar-refractivity contribution is -0.132. The first kappa shape index (κ1) is 20.6. The molecule has 1 amide bonds. The van der Waals surface area contributed by atoms with Gasteiger partial charge in [-0.1, -0.05) is 0 Å². The summed E-state index contributed by atoms with van der Waals surface area (Å²) in [5.74, 6) is 1.29. The van der Waals surface area contributed by atoms with E-state index in [1.54, 1.807) is 23.2 Å². The van der Waals surface area contributed by atoms with Gasteiger partial charge in [0.1, 0.15) is 28.7 Å². The van der Waals surface area contributed by atoms with Crippen molar-refractivity contribution in [1.29, 1.82) is 0 Å². The van der Waals surface area contributed by atoms with Crippen LogP contribution in [0.1, 0.15) is 26.1 Å². The molecule has 1 aromatic carbocycles. The van der Waals surface area contributed by atoms with Crippen LogP contribution in [0, 0.1) is 5.82 Å². The molecule has 0 spiro atoms. The van der Waals surface area contributed by atoms with Gasteiger partial charge in [0.25, 0.3) is 0 Å². The molecule has 1 unspecified atom stereocenters. The number of carbonyl (C=O) groups excluding carboxylic acids is 1. The quantitative estimate of drug-likeness (QED) is 0.834. The minimum absolute atomic E-state index is 0.0667. The van der Waals surface area contributed by atoms with Gasteiger partial charge in [0.2, 0.25) is 5.91 Å². The third kappa shape index (κ3) is 3.30. The number of likely N-dealkylation sites (N-methyl/N-ethyl adjacent to an activating group) is 1. The molecule has 4 rings (SSSR count). The summed E-state index contributed by atoms with van der Waals surface area (Å²) in [6.45, 7) is 5.65. The van der Waals surface area contributed by atoms with Crippen LogP contribution in [0.4, 0.5) is 10.2 Å². The number of benzene rings is 1. The maximum Gasteiger partial charge on any atom is 0.241 e. The Morgan fingerprint density at radius 3 is 2.57 bits per heavy atom. The van der Waals surface area contributed by atoms with Gasteiger partial charge in [-0.2, -0.15) is 0 Å². The molecule has 1 atom stereocenters. The van der Waals surface area contributed by atoms with Gasteiger partial charge in [0.05, 0.1) is 6.54 Å². The summed E-state index contributed by atoms with van der Waals surface area (Å²) >= 11 is 0. The molecule has 2 N–H and O–H groups in total. The maximum absolute atomic E-state index is 13.6. The number of aromatic nitrogens is 2. The second kappa shape index (κ2) is 7.52. The van der Waals surface area contributed by atoms with Gasteiger partial charge in [0, 0.05) is 37.1 Å². The SMILES string of the molecule is CN(C)C1CCN(c2c(-c3ccc(F)cc3)nc3n2C=CN(C(=O)CN)C3(C)C)C1. The molecule has 7 nitrogen and oxygen atoms in total. The number of nitrogens with zero attached hydrogens (tertiary/aromatic N) is 5. The van der Waals surface area contributed by atoms with Gasteiger partial charge >= 0.3 is 0 Å². The Balaban J connectivity index is 1.86. The van der Waals surface area contributed by atoms with Crippen LogP contribution >= 0.6 is 0 Å². The van der Waals surface area contributed by atoms with Crippen molar-refractivity contribution in [2.24, 2.45) is 5.73 Å². The third-order valence-electron chi connectivity index (χ3n) is 6.15. The summed E-state index contributed by atoms with van der Waals surface area (Å²) in [4.78, 5) is 23.6. The first-order chi connectivity index (χ1) is 14.2. The van der Waals surface area contributed by atoms with Gasteiger partial charge in [-0.05, 0) is 58.6 Å². The molecule has 0 radical (unpaired) electrons. The molecule has 0 bridgehead atoms. The van der Waals surface area contributed by atoms with Crippen molar-refractivity contribution >= 4 is 17.9 Å². The Morgan fingerprint density at radius 1 is 1.27 bits per heavy atom. The van der Waals surface area contributed by atoms with Gasteiger partial charge in [0.15, 0.2) is 0 Å². The monoisotopic (exact) mass is 412 g/mol. The van der Waals surface area contributed by atoms with Crippen molar-refractivity contribution in [2.45, 2.75) is 31.8 Å². The Morgan fingerprint density at radius 2 is 1.97 bits per heavy atom. The number of hydrogen-bond donors (Lipinski definition) is 1. The summed E-state index contributed by atoms with van der Waals surface area (Å²) in [6, 6.07) is 6.87. The van der Waals surface area contributed by atoms with Crippen LogP contribution < -0.4 is 10.6 Å².